The van der Waals surface area contributed by atoms with Gasteiger partial charge in [0.1, 0.15) is 0 Å². The fraction of sp³-hybridized carbons (Fsp3) is 0.111. The first-order valence-electron chi connectivity index (χ1n) is 4.19. The first-order chi connectivity index (χ1) is 7.59. The Balaban J connectivity index is 0.000000165. The van der Waals surface area contributed by atoms with Crippen LogP contribution in [0.3, 0.4) is 0 Å². The van der Waals surface area contributed by atoms with E-state index in [0.29, 0.717) is 5.75 Å². The van der Waals surface area contributed by atoms with E-state index in [4.69, 9.17) is 5.11 Å². The standard InChI is InChI=1S/C6H5NO2.C3H3NO2S/c8-6(9)5-2-1-3-7-4-5;5-2-1-7-3(6)4-2/h1-4H,(H,8,9);1H2,(H,4,5,6). The van der Waals surface area contributed by atoms with Crippen molar-refractivity contribution in [1.82, 2.24) is 10.3 Å². The molecule has 2 amide bonds. The summed E-state index contributed by atoms with van der Waals surface area (Å²) in [5, 5.41) is 10.2. The summed E-state index contributed by atoms with van der Waals surface area (Å²) >= 11 is 1.01. The number of aromatic nitrogens is 1. The Morgan fingerprint density at radius 2 is 2.25 bits per heavy atom. The van der Waals surface area contributed by atoms with Gasteiger partial charge in [-0.1, -0.05) is 11.8 Å². The lowest BCUT2D eigenvalue weighted by Crippen LogP contribution is -2.18. The van der Waals surface area contributed by atoms with E-state index in [1.165, 1.54) is 18.5 Å². The number of pyridine rings is 1. The lowest BCUT2D eigenvalue weighted by Gasteiger charge is -1.87. The van der Waals surface area contributed by atoms with Crippen LogP contribution in [0.1, 0.15) is 10.4 Å². The highest BCUT2D eigenvalue weighted by atomic mass is 32.2. The van der Waals surface area contributed by atoms with Gasteiger partial charge in [-0.2, -0.15) is 0 Å². The van der Waals surface area contributed by atoms with Crippen molar-refractivity contribution < 1.29 is 19.5 Å². The molecule has 2 N–H and O–H groups in total. The van der Waals surface area contributed by atoms with E-state index >= 15 is 0 Å². The quantitative estimate of drug-likeness (QED) is 0.751. The Kier molecular flexibility index (Phi) is 4.46. The van der Waals surface area contributed by atoms with Gasteiger partial charge in [0, 0.05) is 12.4 Å². The number of carboxylic acid groups (broad SMARTS) is 1. The molecule has 0 saturated carbocycles. The van der Waals surface area contributed by atoms with Crippen molar-refractivity contribution in [3.05, 3.63) is 30.1 Å². The molecule has 84 valence electrons. The second-order valence-corrected chi connectivity index (χ2v) is 3.62. The van der Waals surface area contributed by atoms with Gasteiger partial charge in [-0.3, -0.25) is 19.9 Å². The second-order valence-electron chi connectivity index (χ2n) is 2.67. The number of amides is 2. The molecule has 0 aromatic carbocycles. The van der Waals surface area contributed by atoms with E-state index in [2.05, 4.69) is 10.3 Å². The second kappa shape index (κ2) is 5.86. The van der Waals surface area contributed by atoms with Crippen LogP contribution in [-0.2, 0) is 4.79 Å². The van der Waals surface area contributed by atoms with Gasteiger partial charge >= 0.3 is 5.97 Å². The molecular formula is C9H8N2O4S. The third-order valence-corrected chi connectivity index (χ3v) is 2.26. The number of nitrogens with zero attached hydrogens (tertiary/aromatic N) is 1. The molecule has 2 heterocycles. The zero-order chi connectivity index (χ0) is 12.0. The van der Waals surface area contributed by atoms with Gasteiger partial charge in [0.2, 0.25) is 5.91 Å². The van der Waals surface area contributed by atoms with Gasteiger partial charge in [-0.05, 0) is 12.1 Å². The highest BCUT2D eigenvalue weighted by Crippen LogP contribution is 2.06. The summed E-state index contributed by atoms with van der Waals surface area (Å²) in [6.45, 7) is 0. The van der Waals surface area contributed by atoms with Crippen molar-refractivity contribution in [1.29, 1.82) is 0 Å². The van der Waals surface area contributed by atoms with Gasteiger partial charge in [-0.15, -0.1) is 0 Å². The Morgan fingerprint density at radius 1 is 1.50 bits per heavy atom. The lowest BCUT2D eigenvalue weighted by molar-refractivity contribution is -0.117. The van der Waals surface area contributed by atoms with Crippen molar-refractivity contribution in [3.8, 4) is 0 Å². The first-order valence-corrected chi connectivity index (χ1v) is 5.18. The lowest BCUT2D eigenvalue weighted by atomic mass is 10.3. The summed E-state index contributed by atoms with van der Waals surface area (Å²) in [7, 11) is 0. The van der Waals surface area contributed by atoms with Crippen LogP contribution >= 0.6 is 11.8 Å². The zero-order valence-electron chi connectivity index (χ0n) is 8.04. The molecule has 1 saturated heterocycles. The normalized spacial score (nSPS) is 13.8. The van der Waals surface area contributed by atoms with Crippen molar-refractivity contribution >= 4 is 28.9 Å². The summed E-state index contributed by atoms with van der Waals surface area (Å²) in [6, 6.07) is 3.08. The van der Waals surface area contributed by atoms with Gasteiger partial charge < -0.3 is 5.11 Å². The largest absolute Gasteiger partial charge is 0.478 e. The highest BCUT2D eigenvalue weighted by molar-refractivity contribution is 8.14. The van der Waals surface area contributed by atoms with Crippen LogP contribution in [0.2, 0.25) is 0 Å². The molecule has 0 radical (unpaired) electrons. The minimum absolute atomic E-state index is 0.185. The summed E-state index contributed by atoms with van der Waals surface area (Å²) in [6.07, 6.45) is 2.84. The molecule has 0 aliphatic carbocycles. The summed E-state index contributed by atoms with van der Waals surface area (Å²) in [5.74, 6) is -0.836. The van der Waals surface area contributed by atoms with Crippen molar-refractivity contribution in [2.24, 2.45) is 0 Å². The summed E-state index contributed by atoms with van der Waals surface area (Å²) < 4.78 is 0. The molecule has 0 unspecified atom stereocenters. The first kappa shape index (κ1) is 12.2. The molecule has 1 aromatic rings. The van der Waals surface area contributed by atoms with Crippen molar-refractivity contribution in [2.45, 2.75) is 0 Å². The molecule has 0 bridgehead atoms. The van der Waals surface area contributed by atoms with E-state index in [-0.39, 0.29) is 16.7 Å². The number of nitrogens with one attached hydrogen (secondary N) is 1. The molecule has 6 nitrogen and oxygen atoms in total. The zero-order valence-corrected chi connectivity index (χ0v) is 8.86. The minimum Gasteiger partial charge on any atom is -0.478 e. The maximum Gasteiger partial charge on any atom is 0.337 e. The van der Waals surface area contributed by atoms with Gasteiger partial charge in [0.15, 0.2) is 0 Å². The van der Waals surface area contributed by atoms with E-state index < -0.39 is 5.97 Å². The predicted molar refractivity (Wildman–Crippen MR) is 57.2 cm³/mol. The Hall–Kier alpha value is -1.89. The molecule has 2 rings (SSSR count). The van der Waals surface area contributed by atoms with Crippen LogP contribution in [0, 0.1) is 0 Å². The fourth-order valence-electron chi connectivity index (χ4n) is 0.806. The van der Waals surface area contributed by atoms with Gasteiger partial charge in [0.05, 0.1) is 11.3 Å². The number of hydrogen-bond acceptors (Lipinski definition) is 5. The van der Waals surface area contributed by atoms with E-state index in [0.717, 1.165) is 11.8 Å². The van der Waals surface area contributed by atoms with Crippen molar-refractivity contribution in [2.75, 3.05) is 5.75 Å². The molecule has 1 aliphatic heterocycles. The van der Waals surface area contributed by atoms with Gasteiger partial charge in [-0.25, -0.2) is 4.79 Å². The van der Waals surface area contributed by atoms with Gasteiger partial charge in [0.25, 0.3) is 5.24 Å². The van der Waals surface area contributed by atoms with Crippen LogP contribution in [-0.4, -0.2) is 33.0 Å². The smallest absolute Gasteiger partial charge is 0.337 e. The summed E-state index contributed by atoms with van der Waals surface area (Å²) in [5.41, 5.74) is 0.220. The van der Waals surface area contributed by atoms with E-state index in [1.54, 1.807) is 6.07 Å². The molecule has 0 atom stereocenters. The molecule has 1 fully saturated rings. The molecule has 1 aromatic heterocycles. The number of carboxylic acids is 1. The SMILES string of the molecule is O=C(O)c1cccnc1.O=C1CSC(=O)N1. The van der Waals surface area contributed by atoms with Crippen LogP contribution in [0.15, 0.2) is 24.5 Å². The number of carbonyl (C=O) groups is 3. The number of rotatable bonds is 1. The topological polar surface area (TPSA) is 96.4 Å². The average molecular weight is 240 g/mol. The molecule has 0 spiro atoms. The monoisotopic (exact) mass is 240 g/mol. The van der Waals surface area contributed by atoms with Crippen LogP contribution in [0.4, 0.5) is 4.79 Å². The van der Waals surface area contributed by atoms with Crippen LogP contribution in [0.25, 0.3) is 0 Å². The number of aromatic carboxylic acids is 1. The molecule has 16 heavy (non-hydrogen) atoms. The maximum absolute atomic E-state index is 10.2. The van der Waals surface area contributed by atoms with E-state index in [1.807, 2.05) is 0 Å². The predicted octanol–water partition coefficient (Wildman–Crippen LogP) is 0.749. The Bertz CT molecular complexity index is 393. The van der Waals surface area contributed by atoms with Crippen molar-refractivity contribution in [3.63, 3.8) is 0 Å². The minimum atomic E-state index is -0.942. The third kappa shape index (κ3) is 4.09. The average Bonchev–Trinajstić information content (AvgIpc) is 2.65. The van der Waals surface area contributed by atoms with E-state index in [9.17, 15) is 14.4 Å². The number of hydrogen-bond donors (Lipinski definition) is 2. The Labute approximate surface area is 95.1 Å². The fourth-order valence-corrected chi connectivity index (χ4v) is 1.33. The molecule has 1 aliphatic rings. The van der Waals surface area contributed by atoms with Crippen LogP contribution < -0.4 is 5.32 Å². The number of imide groups is 1. The Morgan fingerprint density at radius 3 is 2.50 bits per heavy atom. The highest BCUT2D eigenvalue weighted by Gasteiger charge is 2.16. The maximum atomic E-state index is 10.2. The number of thioether (sulfide) groups is 1. The molecular weight excluding hydrogens is 232 g/mol. The molecule has 7 heteroatoms. The third-order valence-electron chi connectivity index (χ3n) is 1.48. The number of carbonyl (C=O) groups excluding carboxylic acids is 2. The summed E-state index contributed by atoms with van der Waals surface area (Å²) in [4.78, 5) is 34.0. The van der Waals surface area contributed by atoms with Crippen LogP contribution in [0.5, 0.6) is 0 Å².